The lowest BCUT2D eigenvalue weighted by Crippen LogP contribution is -2.36. The molecular weight excluding hydrogens is 264 g/mol. The van der Waals surface area contributed by atoms with Gasteiger partial charge in [0.2, 0.25) is 0 Å². The molecule has 3 unspecified atom stereocenters. The van der Waals surface area contributed by atoms with Crippen molar-refractivity contribution < 1.29 is 29.5 Å². The summed E-state index contributed by atoms with van der Waals surface area (Å²) in [6.07, 6.45) is -1.55. The van der Waals surface area contributed by atoms with Crippen LogP contribution in [0, 0.1) is 5.41 Å². The van der Waals surface area contributed by atoms with Crippen LogP contribution in [0.1, 0.15) is 27.7 Å². The van der Waals surface area contributed by atoms with Crippen molar-refractivity contribution in [3.05, 3.63) is 0 Å². The van der Waals surface area contributed by atoms with Gasteiger partial charge in [-0.25, -0.2) is 0 Å². The fraction of sp³-hybridized carbons (Fsp3) is 1.00. The minimum atomic E-state index is -0.518. The highest BCUT2D eigenvalue weighted by Crippen LogP contribution is 2.19. The second-order valence-electron chi connectivity index (χ2n) is 5.90. The van der Waals surface area contributed by atoms with Gasteiger partial charge in [0, 0.05) is 5.41 Å². The van der Waals surface area contributed by atoms with Crippen LogP contribution in [-0.4, -0.2) is 73.3 Å². The van der Waals surface area contributed by atoms with Crippen molar-refractivity contribution in [2.75, 3.05) is 39.6 Å². The first-order valence-electron chi connectivity index (χ1n) is 7.02. The Morgan fingerprint density at radius 1 is 0.700 bits per heavy atom. The minimum absolute atomic E-state index is 0.252. The average Bonchev–Trinajstić information content (AvgIpc) is 2.27. The van der Waals surface area contributed by atoms with E-state index in [0.29, 0.717) is 19.8 Å². The summed E-state index contributed by atoms with van der Waals surface area (Å²) in [6, 6.07) is 0. The molecule has 3 atom stereocenters. The summed E-state index contributed by atoms with van der Waals surface area (Å²) in [7, 11) is 0. The number of aliphatic hydroxyl groups is 3. The summed E-state index contributed by atoms with van der Waals surface area (Å²) in [5, 5.41) is 27.6. The zero-order chi connectivity index (χ0) is 15.6. The normalized spacial score (nSPS) is 19.4. The molecule has 0 rings (SSSR count). The van der Waals surface area contributed by atoms with E-state index >= 15 is 0 Å². The molecule has 0 amide bonds. The van der Waals surface area contributed by atoms with Crippen LogP contribution >= 0.6 is 0 Å². The Morgan fingerprint density at radius 2 is 0.950 bits per heavy atom. The quantitative estimate of drug-likeness (QED) is 0.476. The van der Waals surface area contributed by atoms with Gasteiger partial charge in [0.15, 0.2) is 0 Å². The summed E-state index contributed by atoms with van der Waals surface area (Å²) >= 11 is 0. The number of hydrogen-bond donors (Lipinski definition) is 3. The van der Waals surface area contributed by atoms with E-state index in [1.807, 2.05) is 6.92 Å². The van der Waals surface area contributed by atoms with Crippen molar-refractivity contribution >= 4 is 0 Å². The number of rotatable bonds is 12. The lowest BCUT2D eigenvalue weighted by Gasteiger charge is -2.29. The standard InChI is InChI=1S/C14H30O6/c1-11(15)5-18-8-14(4,9-19-6-12(2)16)10-20-7-13(3)17/h11-13,15-17H,5-10H2,1-4H3. The van der Waals surface area contributed by atoms with E-state index in [2.05, 4.69) is 0 Å². The first-order valence-corrected chi connectivity index (χ1v) is 7.02. The molecule has 20 heavy (non-hydrogen) atoms. The molecule has 3 N–H and O–H groups in total. The van der Waals surface area contributed by atoms with E-state index in [-0.39, 0.29) is 19.8 Å². The van der Waals surface area contributed by atoms with Gasteiger partial charge in [-0.15, -0.1) is 0 Å². The summed E-state index contributed by atoms with van der Waals surface area (Å²) in [6.45, 7) is 8.79. The first kappa shape index (κ1) is 19.8. The zero-order valence-electron chi connectivity index (χ0n) is 13.0. The van der Waals surface area contributed by atoms with Crippen LogP contribution < -0.4 is 0 Å². The van der Waals surface area contributed by atoms with Crippen molar-refractivity contribution in [2.24, 2.45) is 5.41 Å². The molecule has 0 heterocycles. The smallest absolute Gasteiger partial charge is 0.0745 e. The van der Waals surface area contributed by atoms with Crippen LogP contribution in [-0.2, 0) is 14.2 Å². The molecule has 6 nitrogen and oxygen atoms in total. The van der Waals surface area contributed by atoms with Crippen LogP contribution in [0.3, 0.4) is 0 Å². The molecule has 0 aliphatic rings. The van der Waals surface area contributed by atoms with E-state index in [1.54, 1.807) is 20.8 Å². The second kappa shape index (κ2) is 10.5. The second-order valence-corrected chi connectivity index (χ2v) is 5.90. The lowest BCUT2D eigenvalue weighted by molar-refractivity contribution is -0.0876. The van der Waals surface area contributed by atoms with Gasteiger partial charge in [-0.05, 0) is 20.8 Å². The Balaban J connectivity index is 4.18. The molecule has 0 spiro atoms. The van der Waals surface area contributed by atoms with Gasteiger partial charge in [-0.3, -0.25) is 0 Å². The van der Waals surface area contributed by atoms with Crippen LogP contribution in [0.15, 0.2) is 0 Å². The molecule has 0 aliphatic carbocycles. The third-order valence-electron chi connectivity index (χ3n) is 2.43. The monoisotopic (exact) mass is 294 g/mol. The maximum absolute atomic E-state index is 9.19. The Bertz CT molecular complexity index is 194. The number of hydrogen-bond acceptors (Lipinski definition) is 6. The largest absolute Gasteiger partial charge is 0.391 e. The van der Waals surface area contributed by atoms with Crippen LogP contribution in [0.4, 0.5) is 0 Å². The Kier molecular flexibility index (Phi) is 10.4. The molecule has 0 bridgehead atoms. The predicted molar refractivity (Wildman–Crippen MR) is 75.6 cm³/mol. The maximum atomic E-state index is 9.19. The zero-order valence-corrected chi connectivity index (χ0v) is 13.0. The molecule has 0 saturated carbocycles. The molecule has 6 heteroatoms. The van der Waals surface area contributed by atoms with Crippen LogP contribution in [0.2, 0.25) is 0 Å². The SMILES string of the molecule is CC(O)COCC(C)(COCC(C)O)COCC(C)O. The molecule has 0 aromatic carbocycles. The predicted octanol–water partition coefficient (Wildman–Crippen LogP) is 0.185. The minimum Gasteiger partial charge on any atom is -0.391 e. The van der Waals surface area contributed by atoms with Gasteiger partial charge in [-0.2, -0.15) is 0 Å². The summed E-state index contributed by atoms with van der Waals surface area (Å²) < 4.78 is 16.3. The van der Waals surface area contributed by atoms with Gasteiger partial charge in [-0.1, -0.05) is 6.92 Å². The van der Waals surface area contributed by atoms with Crippen LogP contribution in [0.5, 0.6) is 0 Å². The van der Waals surface area contributed by atoms with E-state index in [4.69, 9.17) is 14.2 Å². The first-order chi connectivity index (χ1) is 9.25. The van der Waals surface area contributed by atoms with Crippen molar-refractivity contribution in [2.45, 2.75) is 46.0 Å². The summed E-state index contributed by atoms with van der Waals surface area (Å²) in [5.41, 5.74) is -0.390. The van der Waals surface area contributed by atoms with Crippen molar-refractivity contribution in [3.8, 4) is 0 Å². The Hall–Kier alpha value is -0.240. The van der Waals surface area contributed by atoms with Gasteiger partial charge < -0.3 is 29.5 Å². The van der Waals surface area contributed by atoms with Gasteiger partial charge in [0.1, 0.15) is 0 Å². The third kappa shape index (κ3) is 11.6. The molecule has 0 aromatic rings. The Morgan fingerprint density at radius 3 is 1.15 bits per heavy atom. The van der Waals surface area contributed by atoms with Crippen molar-refractivity contribution in [1.29, 1.82) is 0 Å². The van der Waals surface area contributed by atoms with E-state index in [0.717, 1.165) is 0 Å². The highest BCUT2D eigenvalue weighted by atomic mass is 16.5. The molecule has 0 saturated heterocycles. The van der Waals surface area contributed by atoms with Gasteiger partial charge >= 0.3 is 0 Å². The molecular formula is C14H30O6. The number of aliphatic hydroxyl groups excluding tert-OH is 3. The molecule has 0 radical (unpaired) electrons. The van der Waals surface area contributed by atoms with E-state index < -0.39 is 23.7 Å². The van der Waals surface area contributed by atoms with E-state index in [9.17, 15) is 15.3 Å². The highest BCUT2D eigenvalue weighted by Gasteiger charge is 2.26. The number of ether oxygens (including phenoxy) is 3. The van der Waals surface area contributed by atoms with Gasteiger partial charge in [0.25, 0.3) is 0 Å². The molecule has 0 aliphatic heterocycles. The van der Waals surface area contributed by atoms with Gasteiger partial charge in [0.05, 0.1) is 58.0 Å². The molecule has 122 valence electrons. The summed E-state index contributed by atoms with van der Waals surface area (Å²) in [5.74, 6) is 0. The third-order valence-corrected chi connectivity index (χ3v) is 2.43. The highest BCUT2D eigenvalue weighted by molar-refractivity contribution is 4.74. The fourth-order valence-electron chi connectivity index (χ4n) is 1.55. The molecule has 0 aromatic heterocycles. The van der Waals surface area contributed by atoms with Crippen molar-refractivity contribution in [1.82, 2.24) is 0 Å². The van der Waals surface area contributed by atoms with Crippen molar-refractivity contribution in [3.63, 3.8) is 0 Å². The maximum Gasteiger partial charge on any atom is 0.0745 e. The average molecular weight is 294 g/mol. The Labute approximate surface area is 121 Å². The fourth-order valence-corrected chi connectivity index (χ4v) is 1.55. The molecule has 0 fully saturated rings. The van der Waals surface area contributed by atoms with Crippen LogP contribution in [0.25, 0.3) is 0 Å². The van der Waals surface area contributed by atoms with E-state index in [1.165, 1.54) is 0 Å². The topological polar surface area (TPSA) is 88.4 Å². The summed E-state index contributed by atoms with van der Waals surface area (Å²) in [4.78, 5) is 0. The lowest BCUT2D eigenvalue weighted by atomic mass is 9.94.